The van der Waals surface area contributed by atoms with E-state index in [-0.39, 0.29) is 6.10 Å². The smallest absolute Gasteiger partial charge is 0.0799 e. The van der Waals surface area contributed by atoms with Crippen molar-refractivity contribution >= 4 is 10.8 Å². The Hall–Kier alpha value is -1.34. The fraction of sp³-hybridized carbons (Fsp3) is 0.231. The number of rotatable bonds is 0. The third kappa shape index (κ3) is 0.992. The summed E-state index contributed by atoms with van der Waals surface area (Å²) in [4.78, 5) is 0. The molecular weight excluding hydrogens is 172 g/mol. The zero-order valence-corrected chi connectivity index (χ0v) is 7.90. The Morgan fingerprint density at radius 2 is 1.86 bits per heavy atom. The molecule has 1 N–H and O–H groups in total. The van der Waals surface area contributed by atoms with E-state index in [4.69, 9.17) is 0 Å². The Bertz CT molecular complexity index is 482. The lowest BCUT2D eigenvalue weighted by Crippen LogP contribution is -2.07. The van der Waals surface area contributed by atoms with Crippen LogP contribution in [0.4, 0.5) is 0 Å². The summed E-state index contributed by atoms with van der Waals surface area (Å²) >= 11 is 0. The summed E-state index contributed by atoms with van der Waals surface area (Å²) in [6.45, 7) is 0. The second kappa shape index (κ2) is 2.82. The van der Waals surface area contributed by atoms with Crippen LogP contribution in [-0.4, -0.2) is 5.11 Å². The average molecular weight is 184 g/mol. The number of aryl methyl sites for hydroxylation is 1. The van der Waals surface area contributed by atoms with Gasteiger partial charge in [0.15, 0.2) is 0 Å². The van der Waals surface area contributed by atoms with Crippen LogP contribution >= 0.6 is 0 Å². The van der Waals surface area contributed by atoms with Crippen LogP contribution in [0.15, 0.2) is 36.4 Å². The van der Waals surface area contributed by atoms with Gasteiger partial charge in [0, 0.05) is 0 Å². The highest BCUT2D eigenvalue weighted by molar-refractivity contribution is 5.89. The van der Waals surface area contributed by atoms with Gasteiger partial charge >= 0.3 is 0 Å². The van der Waals surface area contributed by atoms with E-state index >= 15 is 0 Å². The van der Waals surface area contributed by atoms with Gasteiger partial charge in [-0.05, 0) is 34.7 Å². The van der Waals surface area contributed by atoms with Crippen molar-refractivity contribution in [3.8, 4) is 0 Å². The van der Waals surface area contributed by atoms with Crippen LogP contribution < -0.4 is 0 Å². The molecule has 0 aliphatic heterocycles. The highest BCUT2D eigenvalue weighted by Crippen LogP contribution is 2.34. The largest absolute Gasteiger partial charge is 0.388 e. The van der Waals surface area contributed by atoms with Crippen molar-refractivity contribution in [2.75, 3.05) is 0 Å². The predicted octanol–water partition coefficient (Wildman–Crippen LogP) is 2.82. The molecule has 0 bridgehead atoms. The van der Waals surface area contributed by atoms with Gasteiger partial charge in [-0.15, -0.1) is 0 Å². The van der Waals surface area contributed by atoms with Crippen LogP contribution in [0.3, 0.4) is 0 Å². The van der Waals surface area contributed by atoms with E-state index in [0.717, 1.165) is 18.4 Å². The van der Waals surface area contributed by atoms with Crippen LogP contribution in [0.1, 0.15) is 23.7 Å². The Balaban J connectivity index is 2.46. The minimum Gasteiger partial charge on any atom is -0.388 e. The zero-order chi connectivity index (χ0) is 9.54. The van der Waals surface area contributed by atoms with E-state index in [1.165, 1.54) is 16.3 Å². The molecule has 2 aromatic rings. The Labute approximate surface area is 83.0 Å². The van der Waals surface area contributed by atoms with Crippen LogP contribution in [0.5, 0.6) is 0 Å². The van der Waals surface area contributed by atoms with Crippen LogP contribution in [0, 0.1) is 0 Å². The molecule has 0 amide bonds. The summed E-state index contributed by atoms with van der Waals surface area (Å²) in [5, 5.41) is 12.4. The summed E-state index contributed by atoms with van der Waals surface area (Å²) < 4.78 is 0. The van der Waals surface area contributed by atoms with Crippen molar-refractivity contribution in [1.29, 1.82) is 0 Å². The van der Waals surface area contributed by atoms with E-state index in [0.29, 0.717) is 0 Å². The molecule has 70 valence electrons. The van der Waals surface area contributed by atoms with Crippen molar-refractivity contribution in [1.82, 2.24) is 0 Å². The summed E-state index contributed by atoms with van der Waals surface area (Å²) in [6.07, 6.45) is 1.58. The first kappa shape index (κ1) is 8.01. The lowest BCUT2D eigenvalue weighted by atomic mass is 9.87. The van der Waals surface area contributed by atoms with Gasteiger partial charge in [-0.3, -0.25) is 0 Å². The Morgan fingerprint density at radius 1 is 1.07 bits per heavy atom. The predicted molar refractivity (Wildman–Crippen MR) is 57.2 cm³/mol. The van der Waals surface area contributed by atoms with Crippen molar-refractivity contribution in [2.24, 2.45) is 0 Å². The number of hydrogen-bond donors (Lipinski definition) is 1. The third-order valence-corrected chi connectivity index (χ3v) is 3.07. The minimum atomic E-state index is -0.270. The summed E-state index contributed by atoms with van der Waals surface area (Å²) in [6, 6.07) is 12.5. The first-order chi connectivity index (χ1) is 6.86. The number of benzene rings is 2. The van der Waals surface area contributed by atoms with Gasteiger partial charge < -0.3 is 5.11 Å². The Kier molecular flexibility index (Phi) is 1.62. The highest BCUT2D eigenvalue weighted by atomic mass is 16.3. The van der Waals surface area contributed by atoms with E-state index in [9.17, 15) is 5.11 Å². The van der Waals surface area contributed by atoms with E-state index in [1.807, 2.05) is 12.1 Å². The fourth-order valence-corrected chi connectivity index (χ4v) is 2.38. The van der Waals surface area contributed by atoms with Crippen molar-refractivity contribution in [2.45, 2.75) is 18.9 Å². The Morgan fingerprint density at radius 3 is 2.71 bits per heavy atom. The second-order valence-corrected chi connectivity index (χ2v) is 3.92. The maximum absolute atomic E-state index is 9.87. The summed E-state index contributed by atoms with van der Waals surface area (Å²) in [5.74, 6) is 0. The fourth-order valence-electron chi connectivity index (χ4n) is 2.38. The van der Waals surface area contributed by atoms with Gasteiger partial charge in [0.25, 0.3) is 0 Å². The number of aliphatic hydroxyl groups excluding tert-OH is 1. The SMILES string of the molecule is O[C@@H]1CCc2cccc3cccc1c23. The lowest BCUT2D eigenvalue weighted by Gasteiger charge is -2.21. The number of aliphatic hydroxyl groups is 1. The molecule has 0 fully saturated rings. The molecule has 0 aromatic heterocycles. The van der Waals surface area contributed by atoms with E-state index in [2.05, 4.69) is 24.3 Å². The van der Waals surface area contributed by atoms with E-state index in [1.54, 1.807) is 0 Å². The molecular formula is C13H12O. The maximum atomic E-state index is 9.87. The average Bonchev–Trinajstić information content (AvgIpc) is 2.24. The van der Waals surface area contributed by atoms with Gasteiger partial charge in [-0.25, -0.2) is 0 Å². The molecule has 0 saturated carbocycles. The van der Waals surface area contributed by atoms with Gasteiger partial charge in [0.2, 0.25) is 0 Å². The molecule has 1 nitrogen and oxygen atoms in total. The number of hydrogen-bond acceptors (Lipinski definition) is 1. The molecule has 3 rings (SSSR count). The molecule has 2 aromatic carbocycles. The van der Waals surface area contributed by atoms with E-state index < -0.39 is 0 Å². The van der Waals surface area contributed by atoms with Crippen molar-refractivity contribution in [3.05, 3.63) is 47.5 Å². The molecule has 14 heavy (non-hydrogen) atoms. The standard InChI is InChI=1S/C13H12O/c14-12-8-7-10-4-1-3-9-5-2-6-11(12)13(9)10/h1-6,12,14H,7-8H2/t12-/m1/s1. The molecule has 1 atom stereocenters. The monoisotopic (exact) mass is 184 g/mol. The molecule has 0 radical (unpaired) electrons. The highest BCUT2D eigenvalue weighted by Gasteiger charge is 2.18. The third-order valence-electron chi connectivity index (χ3n) is 3.07. The van der Waals surface area contributed by atoms with Gasteiger partial charge in [-0.1, -0.05) is 36.4 Å². The normalized spacial score (nSPS) is 19.9. The summed E-state index contributed by atoms with van der Waals surface area (Å²) in [7, 11) is 0. The van der Waals surface area contributed by atoms with Crippen molar-refractivity contribution < 1.29 is 5.11 Å². The molecule has 1 heteroatoms. The molecule has 0 saturated heterocycles. The molecule has 1 aliphatic carbocycles. The second-order valence-electron chi connectivity index (χ2n) is 3.92. The molecule has 0 heterocycles. The minimum absolute atomic E-state index is 0.270. The molecule has 0 unspecified atom stereocenters. The lowest BCUT2D eigenvalue weighted by molar-refractivity contribution is 0.166. The quantitative estimate of drug-likeness (QED) is 0.667. The summed E-state index contributed by atoms with van der Waals surface area (Å²) in [5.41, 5.74) is 2.48. The van der Waals surface area contributed by atoms with Crippen LogP contribution in [0.25, 0.3) is 10.8 Å². The van der Waals surface area contributed by atoms with Crippen LogP contribution in [0.2, 0.25) is 0 Å². The topological polar surface area (TPSA) is 20.2 Å². The zero-order valence-electron chi connectivity index (χ0n) is 7.90. The first-order valence-corrected chi connectivity index (χ1v) is 5.05. The van der Waals surface area contributed by atoms with Crippen molar-refractivity contribution in [3.63, 3.8) is 0 Å². The van der Waals surface area contributed by atoms with Gasteiger partial charge in [0.1, 0.15) is 0 Å². The molecule has 0 spiro atoms. The van der Waals surface area contributed by atoms with Crippen LogP contribution in [-0.2, 0) is 6.42 Å². The first-order valence-electron chi connectivity index (χ1n) is 5.05. The van der Waals surface area contributed by atoms with Gasteiger partial charge in [0.05, 0.1) is 6.10 Å². The molecule has 1 aliphatic rings. The van der Waals surface area contributed by atoms with Gasteiger partial charge in [-0.2, -0.15) is 0 Å². The maximum Gasteiger partial charge on any atom is 0.0799 e.